The number of nitrogens with one attached hydrogen (secondary N) is 2. The lowest BCUT2D eigenvalue weighted by Gasteiger charge is -2.03. The second-order valence-corrected chi connectivity index (χ2v) is 5.58. The van der Waals surface area contributed by atoms with E-state index in [0.29, 0.717) is 5.75 Å². The summed E-state index contributed by atoms with van der Waals surface area (Å²) in [7, 11) is 1.56. The van der Waals surface area contributed by atoms with Crippen molar-refractivity contribution < 1.29 is 14.3 Å². The predicted octanol–water partition coefficient (Wildman–Crippen LogP) is 2.04. The summed E-state index contributed by atoms with van der Waals surface area (Å²) in [5.41, 5.74) is 3.12. The summed E-state index contributed by atoms with van der Waals surface area (Å²) in [5, 5.41) is 8.21. The van der Waals surface area contributed by atoms with Crippen LogP contribution in [0.3, 0.4) is 0 Å². The molecule has 0 radical (unpaired) electrons. The molecule has 124 valence electrons. The fourth-order valence-electron chi connectivity index (χ4n) is 1.77. The van der Waals surface area contributed by atoms with Gasteiger partial charge in [-0.3, -0.25) is 9.59 Å². The van der Waals surface area contributed by atoms with Gasteiger partial charge in [0.1, 0.15) is 5.75 Å². The number of carbonyl (C=O) groups excluding carboxylic acids is 2. The maximum Gasteiger partial charge on any atom is 0.259 e. The number of methoxy groups -OCH3 is 1. The minimum atomic E-state index is -0.401. The van der Waals surface area contributed by atoms with E-state index in [1.165, 1.54) is 17.4 Å². The van der Waals surface area contributed by atoms with Gasteiger partial charge in [0, 0.05) is 16.5 Å². The van der Waals surface area contributed by atoms with Crippen molar-refractivity contribution in [1.82, 2.24) is 10.7 Å². The first-order valence-corrected chi connectivity index (χ1v) is 8.01. The van der Waals surface area contributed by atoms with Crippen molar-refractivity contribution in [2.24, 2.45) is 5.10 Å². The Hall–Kier alpha value is -2.93. The van der Waals surface area contributed by atoms with Gasteiger partial charge in [0.15, 0.2) is 0 Å². The molecule has 2 aromatic rings. The van der Waals surface area contributed by atoms with E-state index in [4.69, 9.17) is 4.74 Å². The monoisotopic (exact) mass is 343 g/mol. The van der Waals surface area contributed by atoms with Gasteiger partial charge < -0.3 is 10.1 Å². The van der Waals surface area contributed by atoms with Crippen molar-refractivity contribution in [3.8, 4) is 5.75 Å². The van der Waals surface area contributed by atoms with Gasteiger partial charge in [-0.15, -0.1) is 11.3 Å². The maximum absolute atomic E-state index is 11.7. The summed E-state index contributed by atoms with van der Waals surface area (Å²) >= 11 is 1.51. The van der Waals surface area contributed by atoms with Crippen molar-refractivity contribution in [2.45, 2.75) is 0 Å². The highest BCUT2D eigenvalue weighted by Crippen LogP contribution is 2.18. The van der Waals surface area contributed by atoms with Gasteiger partial charge in [-0.25, -0.2) is 5.43 Å². The molecular weight excluding hydrogens is 326 g/mol. The normalized spacial score (nSPS) is 10.9. The van der Waals surface area contributed by atoms with Gasteiger partial charge in [-0.2, -0.15) is 5.10 Å². The van der Waals surface area contributed by atoms with Crippen LogP contribution in [-0.2, 0) is 9.59 Å². The second kappa shape index (κ2) is 9.26. The van der Waals surface area contributed by atoms with E-state index in [-0.39, 0.29) is 12.5 Å². The van der Waals surface area contributed by atoms with Crippen LogP contribution in [0.1, 0.15) is 10.4 Å². The molecule has 2 amide bonds. The molecule has 2 N–H and O–H groups in total. The minimum absolute atomic E-state index is 0.156. The fourth-order valence-corrected chi connectivity index (χ4v) is 2.35. The van der Waals surface area contributed by atoms with Crippen LogP contribution in [0.4, 0.5) is 0 Å². The molecule has 7 heteroatoms. The lowest BCUT2D eigenvalue weighted by molar-refractivity contribution is -0.123. The number of amides is 2. The van der Waals surface area contributed by atoms with Gasteiger partial charge >= 0.3 is 0 Å². The molecule has 1 aromatic carbocycles. The summed E-state index contributed by atoms with van der Waals surface area (Å²) in [6.07, 6.45) is 4.52. The van der Waals surface area contributed by atoms with E-state index in [0.717, 1.165) is 10.4 Å². The molecule has 0 atom stereocenters. The van der Waals surface area contributed by atoms with Gasteiger partial charge in [0.2, 0.25) is 5.91 Å². The zero-order valence-electron chi connectivity index (χ0n) is 13.1. The summed E-state index contributed by atoms with van der Waals surface area (Å²) < 4.78 is 5.19. The average Bonchev–Trinajstić information content (AvgIpc) is 3.11. The quantitative estimate of drug-likeness (QED) is 0.459. The highest BCUT2D eigenvalue weighted by Gasteiger charge is 2.03. The molecule has 2 rings (SSSR count). The molecule has 0 unspecified atom stereocenters. The molecule has 0 aliphatic heterocycles. The SMILES string of the molecule is COc1ccccc1C=CC(=O)NCC(=O)NN=Cc1cccs1. The first-order chi connectivity index (χ1) is 11.7. The average molecular weight is 343 g/mol. The van der Waals surface area contributed by atoms with E-state index in [1.807, 2.05) is 35.7 Å². The number of carbonyl (C=O) groups is 2. The van der Waals surface area contributed by atoms with Gasteiger partial charge in [-0.05, 0) is 23.6 Å². The largest absolute Gasteiger partial charge is 0.496 e. The van der Waals surface area contributed by atoms with Crippen LogP contribution in [0.2, 0.25) is 0 Å². The third-order valence-corrected chi connectivity index (χ3v) is 3.71. The smallest absolute Gasteiger partial charge is 0.259 e. The Bertz CT molecular complexity index is 739. The standard InChI is InChI=1S/C17H17N3O3S/c1-23-15-7-3-2-5-13(15)8-9-16(21)18-12-17(22)20-19-11-14-6-4-10-24-14/h2-11H,12H2,1H3,(H,18,21)(H,20,22). The van der Waals surface area contributed by atoms with E-state index < -0.39 is 5.91 Å². The lowest BCUT2D eigenvalue weighted by Crippen LogP contribution is -2.34. The predicted molar refractivity (Wildman–Crippen MR) is 95.1 cm³/mol. The van der Waals surface area contributed by atoms with Crippen LogP contribution >= 0.6 is 11.3 Å². The number of hydrogen-bond acceptors (Lipinski definition) is 5. The molecule has 1 aromatic heterocycles. The van der Waals surface area contributed by atoms with Crippen molar-refractivity contribution in [1.29, 1.82) is 0 Å². The molecule has 6 nitrogen and oxygen atoms in total. The van der Waals surface area contributed by atoms with Crippen LogP contribution in [0.25, 0.3) is 6.08 Å². The molecule has 0 spiro atoms. The van der Waals surface area contributed by atoms with Crippen molar-refractivity contribution >= 4 is 35.4 Å². The Labute approximate surface area is 143 Å². The zero-order valence-corrected chi connectivity index (χ0v) is 13.9. The number of thiophene rings is 1. The third-order valence-electron chi connectivity index (χ3n) is 2.90. The number of benzene rings is 1. The Kier molecular flexibility index (Phi) is 6.73. The molecule has 0 aliphatic carbocycles. The number of para-hydroxylation sites is 1. The Balaban J connectivity index is 1.76. The van der Waals surface area contributed by atoms with Crippen molar-refractivity contribution in [3.63, 3.8) is 0 Å². The number of ether oxygens (including phenoxy) is 1. The molecule has 0 saturated carbocycles. The van der Waals surface area contributed by atoms with Crippen LogP contribution in [0, 0.1) is 0 Å². The molecule has 0 bridgehead atoms. The van der Waals surface area contributed by atoms with Gasteiger partial charge in [-0.1, -0.05) is 24.3 Å². The van der Waals surface area contributed by atoms with E-state index in [9.17, 15) is 9.59 Å². The Morgan fingerprint density at radius 1 is 1.25 bits per heavy atom. The number of hydrazone groups is 1. The molecular formula is C17H17N3O3S. The maximum atomic E-state index is 11.7. The third kappa shape index (κ3) is 5.69. The summed E-state index contributed by atoms with van der Waals surface area (Å²) in [6, 6.07) is 11.1. The van der Waals surface area contributed by atoms with Crippen LogP contribution in [-0.4, -0.2) is 31.7 Å². The Morgan fingerprint density at radius 2 is 2.08 bits per heavy atom. The topological polar surface area (TPSA) is 79.8 Å². The lowest BCUT2D eigenvalue weighted by atomic mass is 10.2. The molecule has 0 saturated heterocycles. The summed E-state index contributed by atoms with van der Waals surface area (Å²) in [5.74, 6) is -0.109. The second-order valence-electron chi connectivity index (χ2n) is 4.60. The van der Waals surface area contributed by atoms with Crippen molar-refractivity contribution in [2.75, 3.05) is 13.7 Å². The summed E-state index contributed by atoms with van der Waals surface area (Å²) in [6.45, 7) is -0.156. The highest BCUT2D eigenvalue weighted by atomic mass is 32.1. The number of hydrogen-bond donors (Lipinski definition) is 2. The highest BCUT2D eigenvalue weighted by molar-refractivity contribution is 7.11. The minimum Gasteiger partial charge on any atom is -0.496 e. The summed E-state index contributed by atoms with van der Waals surface area (Å²) in [4.78, 5) is 24.2. The van der Waals surface area contributed by atoms with E-state index in [1.54, 1.807) is 25.5 Å². The van der Waals surface area contributed by atoms with Crippen molar-refractivity contribution in [3.05, 3.63) is 58.3 Å². The van der Waals surface area contributed by atoms with E-state index >= 15 is 0 Å². The molecule has 0 fully saturated rings. The first kappa shape index (κ1) is 17.4. The Morgan fingerprint density at radius 3 is 2.83 bits per heavy atom. The van der Waals surface area contributed by atoms with Crippen LogP contribution in [0.5, 0.6) is 5.75 Å². The first-order valence-electron chi connectivity index (χ1n) is 7.13. The molecule has 24 heavy (non-hydrogen) atoms. The number of nitrogens with zero attached hydrogens (tertiary/aromatic N) is 1. The van der Waals surface area contributed by atoms with E-state index in [2.05, 4.69) is 15.8 Å². The fraction of sp³-hybridized carbons (Fsp3) is 0.118. The molecule has 1 heterocycles. The zero-order chi connectivity index (χ0) is 17.2. The number of rotatable bonds is 7. The van der Waals surface area contributed by atoms with Gasteiger partial charge in [0.05, 0.1) is 19.9 Å². The van der Waals surface area contributed by atoms with Crippen LogP contribution in [0.15, 0.2) is 53.0 Å². The van der Waals surface area contributed by atoms with Crippen LogP contribution < -0.4 is 15.5 Å². The van der Waals surface area contributed by atoms with Gasteiger partial charge in [0.25, 0.3) is 5.91 Å². The molecule has 0 aliphatic rings.